The summed E-state index contributed by atoms with van der Waals surface area (Å²) in [5, 5.41) is 21.3. The molecule has 0 aliphatic carbocycles. The summed E-state index contributed by atoms with van der Waals surface area (Å²) >= 11 is 0. The van der Waals surface area contributed by atoms with Crippen LogP contribution in [0.25, 0.3) is 0 Å². The van der Waals surface area contributed by atoms with Crippen molar-refractivity contribution < 1.29 is 0 Å². The van der Waals surface area contributed by atoms with Crippen molar-refractivity contribution in [3.8, 4) is 12.1 Å². The van der Waals surface area contributed by atoms with Gasteiger partial charge in [-0.3, -0.25) is 0 Å². The monoisotopic (exact) mass is 240 g/mol. The van der Waals surface area contributed by atoms with E-state index in [4.69, 9.17) is 10.5 Å². The molecule has 18 heavy (non-hydrogen) atoms. The molecule has 1 saturated heterocycles. The van der Waals surface area contributed by atoms with Crippen molar-refractivity contribution in [3.05, 3.63) is 29.8 Å². The maximum absolute atomic E-state index is 9.14. The molecule has 1 heterocycles. The van der Waals surface area contributed by atoms with Crippen LogP contribution in [-0.2, 0) is 0 Å². The van der Waals surface area contributed by atoms with Crippen molar-refractivity contribution in [2.24, 2.45) is 0 Å². The van der Waals surface area contributed by atoms with Crippen LogP contribution in [-0.4, -0.2) is 25.2 Å². The number of para-hydroxylation sites is 1. The summed E-state index contributed by atoms with van der Waals surface area (Å²) in [6.07, 6.45) is 0.496. The molecule has 2 unspecified atom stereocenters. The maximum atomic E-state index is 9.14. The zero-order chi connectivity index (χ0) is 13.0. The molecule has 0 spiro atoms. The van der Waals surface area contributed by atoms with Gasteiger partial charge in [0.1, 0.15) is 6.07 Å². The predicted octanol–water partition coefficient (Wildman–Crippen LogP) is 1.64. The lowest BCUT2D eigenvalue weighted by Crippen LogP contribution is -2.55. The number of hydrogen-bond donors (Lipinski definition) is 1. The first-order valence-electron chi connectivity index (χ1n) is 6.11. The fourth-order valence-corrected chi connectivity index (χ4v) is 2.45. The number of nitrogens with one attached hydrogen (secondary N) is 1. The second-order valence-electron chi connectivity index (χ2n) is 4.66. The van der Waals surface area contributed by atoms with Crippen LogP contribution in [0.2, 0.25) is 0 Å². The third-order valence-electron chi connectivity index (χ3n) is 3.16. The summed E-state index contributed by atoms with van der Waals surface area (Å²) in [6, 6.07) is 12.6. The fourth-order valence-electron chi connectivity index (χ4n) is 2.45. The van der Waals surface area contributed by atoms with Crippen LogP contribution < -0.4 is 10.2 Å². The van der Waals surface area contributed by atoms with Gasteiger partial charge < -0.3 is 10.2 Å². The molecular formula is C14H16N4. The average molecular weight is 240 g/mol. The van der Waals surface area contributed by atoms with Gasteiger partial charge in [-0.15, -0.1) is 0 Å². The Morgan fingerprint density at radius 1 is 1.33 bits per heavy atom. The predicted molar refractivity (Wildman–Crippen MR) is 70.0 cm³/mol. The highest BCUT2D eigenvalue weighted by molar-refractivity contribution is 5.59. The zero-order valence-electron chi connectivity index (χ0n) is 10.4. The molecule has 0 saturated carbocycles. The van der Waals surface area contributed by atoms with E-state index in [2.05, 4.69) is 29.3 Å². The lowest BCUT2D eigenvalue weighted by molar-refractivity contribution is 0.391. The zero-order valence-corrected chi connectivity index (χ0v) is 10.4. The van der Waals surface area contributed by atoms with Gasteiger partial charge in [-0.2, -0.15) is 10.5 Å². The lowest BCUT2D eigenvalue weighted by Gasteiger charge is -2.38. The summed E-state index contributed by atoms with van der Waals surface area (Å²) in [4.78, 5) is 2.20. The standard InChI is InChI=1S/C14H16N4/c1-11-9-18(10-13(17-11)6-7-15)14-5-3-2-4-12(14)8-16/h2-5,11,13,17H,6,9-10H2,1H3. The Bertz CT molecular complexity index is 497. The van der Waals surface area contributed by atoms with Crippen LogP contribution in [0, 0.1) is 22.7 Å². The van der Waals surface area contributed by atoms with Crippen molar-refractivity contribution in [2.45, 2.75) is 25.4 Å². The SMILES string of the molecule is CC1CN(c2ccccc2C#N)CC(CC#N)N1. The molecule has 0 bridgehead atoms. The minimum absolute atomic E-state index is 0.172. The van der Waals surface area contributed by atoms with E-state index >= 15 is 0 Å². The van der Waals surface area contributed by atoms with Crippen LogP contribution >= 0.6 is 0 Å². The molecule has 1 aliphatic rings. The van der Waals surface area contributed by atoms with Crippen molar-refractivity contribution in [3.63, 3.8) is 0 Å². The molecule has 4 nitrogen and oxygen atoms in total. The molecule has 1 N–H and O–H groups in total. The number of nitrogens with zero attached hydrogens (tertiary/aromatic N) is 3. The van der Waals surface area contributed by atoms with E-state index in [1.807, 2.05) is 24.3 Å². The van der Waals surface area contributed by atoms with Gasteiger partial charge in [0.2, 0.25) is 0 Å². The van der Waals surface area contributed by atoms with Gasteiger partial charge in [0.15, 0.2) is 0 Å². The first-order chi connectivity index (χ1) is 8.74. The highest BCUT2D eigenvalue weighted by Gasteiger charge is 2.25. The molecular weight excluding hydrogens is 224 g/mol. The Hall–Kier alpha value is -2.04. The van der Waals surface area contributed by atoms with Crippen molar-refractivity contribution in [2.75, 3.05) is 18.0 Å². The number of nitriles is 2. The highest BCUT2D eigenvalue weighted by Crippen LogP contribution is 2.22. The van der Waals surface area contributed by atoms with Crippen LogP contribution in [0.3, 0.4) is 0 Å². The van der Waals surface area contributed by atoms with Crippen LogP contribution in [0.15, 0.2) is 24.3 Å². The number of hydrogen-bond acceptors (Lipinski definition) is 4. The van der Waals surface area contributed by atoms with E-state index in [0.29, 0.717) is 18.0 Å². The Labute approximate surface area is 107 Å². The van der Waals surface area contributed by atoms with E-state index in [9.17, 15) is 0 Å². The van der Waals surface area contributed by atoms with Gasteiger partial charge in [0.25, 0.3) is 0 Å². The number of anilines is 1. The first kappa shape index (κ1) is 12.4. The van der Waals surface area contributed by atoms with Gasteiger partial charge in [-0.05, 0) is 19.1 Å². The topological polar surface area (TPSA) is 62.9 Å². The Kier molecular flexibility index (Phi) is 3.82. The summed E-state index contributed by atoms with van der Waals surface area (Å²) in [5.41, 5.74) is 1.67. The largest absolute Gasteiger partial charge is 0.367 e. The minimum atomic E-state index is 0.172. The van der Waals surface area contributed by atoms with Gasteiger partial charge in [-0.25, -0.2) is 0 Å². The quantitative estimate of drug-likeness (QED) is 0.853. The molecule has 1 aromatic rings. The molecule has 0 amide bonds. The molecule has 92 valence electrons. The van der Waals surface area contributed by atoms with Gasteiger partial charge in [0.05, 0.1) is 23.7 Å². The fraction of sp³-hybridized carbons (Fsp3) is 0.429. The molecule has 0 radical (unpaired) electrons. The van der Waals surface area contributed by atoms with Crippen molar-refractivity contribution in [1.29, 1.82) is 10.5 Å². The van der Waals surface area contributed by atoms with Crippen LogP contribution in [0.5, 0.6) is 0 Å². The van der Waals surface area contributed by atoms with Crippen molar-refractivity contribution >= 4 is 5.69 Å². The van der Waals surface area contributed by atoms with Gasteiger partial charge >= 0.3 is 0 Å². The summed E-state index contributed by atoms with van der Waals surface area (Å²) in [6.45, 7) is 3.74. The number of rotatable bonds is 2. The third-order valence-corrected chi connectivity index (χ3v) is 3.16. The summed E-state index contributed by atoms with van der Waals surface area (Å²) in [5.74, 6) is 0. The van der Waals surface area contributed by atoms with E-state index in [1.165, 1.54) is 0 Å². The lowest BCUT2D eigenvalue weighted by atomic mass is 10.1. The Morgan fingerprint density at radius 3 is 2.83 bits per heavy atom. The minimum Gasteiger partial charge on any atom is -0.367 e. The molecule has 4 heteroatoms. The van der Waals surface area contributed by atoms with Crippen LogP contribution in [0.1, 0.15) is 18.9 Å². The van der Waals surface area contributed by atoms with Crippen LogP contribution in [0.4, 0.5) is 5.69 Å². The van der Waals surface area contributed by atoms with E-state index < -0.39 is 0 Å². The van der Waals surface area contributed by atoms with E-state index in [0.717, 1.165) is 18.8 Å². The molecule has 1 aromatic carbocycles. The van der Waals surface area contributed by atoms with Crippen molar-refractivity contribution in [1.82, 2.24) is 5.32 Å². The first-order valence-corrected chi connectivity index (χ1v) is 6.11. The normalized spacial score (nSPS) is 23.2. The Balaban J connectivity index is 2.22. The number of benzene rings is 1. The second-order valence-corrected chi connectivity index (χ2v) is 4.66. The molecule has 1 fully saturated rings. The molecule has 2 atom stereocenters. The number of piperazine rings is 1. The smallest absolute Gasteiger partial charge is 0.101 e. The summed E-state index contributed by atoms with van der Waals surface area (Å²) < 4.78 is 0. The second kappa shape index (κ2) is 5.53. The molecule has 0 aromatic heterocycles. The Morgan fingerprint density at radius 2 is 2.11 bits per heavy atom. The van der Waals surface area contributed by atoms with Gasteiger partial charge in [-0.1, -0.05) is 12.1 Å². The average Bonchev–Trinajstić information content (AvgIpc) is 2.38. The van der Waals surface area contributed by atoms with E-state index in [1.54, 1.807) is 0 Å². The third kappa shape index (κ3) is 2.61. The molecule has 2 rings (SSSR count). The molecule has 1 aliphatic heterocycles. The van der Waals surface area contributed by atoms with E-state index in [-0.39, 0.29) is 6.04 Å². The maximum Gasteiger partial charge on any atom is 0.101 e. The summed E-state index contributed by atoms with van der Waals surface area (Å²) in [7, 11) is 0. The highest BCUT2D eigenvalue weighted by atomic mass is 15.2. The van der Waals surface area contributed by atoms with Gasteiger partial charge in [0, 0.05) is 25.2 Å².